The molecule has 0 radical (unpaired) electrons. The van der Waals surface area contributed by atoms with E-state index in [1.54, 1.807) is 41.7 Å². The highest BCUT2D eigenvalue weighted by molar-refractivity contribution is 5.81. The maximum absolute atomic E-state index is 11.1. The van der Waals surface area contributed by atoms with Crippen molar-refractivity contribution >= 4 is 24.4 Å². The van der Waals surface area contributed by atoms with Gasteiger partial charge in [0.2, 0.25) is 0 Å². The quantitative estimate of drug-likeness (QED) is 0.460. The number of aldehydes is 1. The Balaban J connectivity index is 2.26. The van der Waals surface area contributed by atoms with E-state index in [1.807, 2.05) is 11.9 Å². The molecule has 0 unspecified atom stereocenters. The van der Waals surface area contributed by atoms with E-state index in [4.69, 9.17) is 0 Å². The van der Waals surface area contributed by atoms with Crippen molar-refractivity contribution in [2.45, 2.75) is 0 Å². The summed E-state index contributed by atoms with van der Waals surface area (Å²) < 4.78 is 0. The zero-order valence-corrected chi connectivity index (χ0v) is 9.85. The van der Waals surface area contributed by atoms with Gasteiger partial charge in [0, 0.05) is 7.05 Å². The van der Waals surface area contributed by atoms with Crippen LogP contribution in [0.15, 0.2) is 40.2 Å². The minimum Gasteiger partial charge on any atom is -0.345 e. The van der Waals surface area contributed by atoms with Crippen molar-refractivity contribution in [3.8, 4) is 0 Å². The van der Waals surface area contributed by atoms with Gasteiger partial charge in [0.05, 0.1) is 0 Å². The van der Waals surface area contributed by atoms with Gasteiger partial charge < -0.3 is 4.90 Å². The predicted octanol–water partition coefficient (Wildman–Crippen LogP) is 1.77. The summed E-state index contributed by atoms with van der Waals surface area (Å²) in [5.74, 6) is 0. The Kier molecular flexibility index (Phi) is 3.47. The lowest BCUT2D eigenvalue weighted by molar-refractivity contribution is -0.106. The molecule has 0 spiro atoms. The number of carbonyl (C=O) groups excluding carboxylic acids is 1. The zero-order valence-electron chi connectivity index (χ0n) is 9.85. The van der Waals surface area contributed by atoms with Crippen LogP contribution < -0.4 is 0 Å². The van der Waals surface area contributed by atoms with Crippen LogP contribution in [0.3, 0.4) is 0 Å². The van der Waals surface area contributed by atoms with Crippen molar-refractivity contribution in [1.29, 1.82) is 0 Å². The highest BCUT2D eigenvalue weighted by Gasteiger charge is 2.14. The molecule has 0 N–H and O–H groups in total. The van der Waals surface area contributed by atoms with Gasteiger partial charge in [-0.2, -0.15) is 5.10 Å². The lowest BCUT2D eigenvalue weighted by Crippen LogP contribution is -2.23. The van der Waals surface area contributed by atoms with Crippen LogP contribution in [-0.4, -0.2) is 36.2 Å². The smallest absolute Gasteiger partial charge is 0.168 e. The number of hydrogen-bond acceptors (Lipinski definition) is 6. The van der Waals surface area contributed by atoms with Gasteiger partial charge in [-0.15, -0.1) is 4.91 Å². The molecule has 1 heterocycles. The number of hydrazone groups is 1. The third-order valence-electron chi connectivity index (χ3n) is 2.45. The summed E-state index contributed by atoms with van der Waals surface area (Å²) in [5.41, 5.74) is 1.49. The first-order valence-electron chi connectivity index (χ1n) is 5.35. The average Bonchev–Trinajstić information content (AvgIpc) is 2.82. The van der Waals surface area contributed by atoms with E-state index in [-0.39, 0.29) is 0 Å². The molecule has 6 nitrogen and oxygen atoms in total. The van der Waals surface area contributed by atoms with Gasteiger partial charge in [-0.1, -0.05) is 12.1 Å². The molecule has 0 atom stereocenters. The van der Waals surface area contributed by atoms with E-state index < -0.39 is 0 Å². The van der Waals surface area contributed by atoms with E-state index in [1.165, 1.54) is 0 Å². The fourth-order valence-electron chi connectivity index (χ4n) is 1.59. The summed E-state index contributed by atoms with van der Waals surface area (Å²) in [4.78, 5) is 23.4. The van der Waals surface area contributed by atoms with Crippen LogP contribution in [-0.2, 0) is 4.79 Å². The molecule has 6 heteroatoms. The molecular weight excluding hydrogens is 232 g/mol. The van der Waals surface area contributed by atoms with Gasteiger partial charge in [-0.3, -0.25) is 4.79 Å². The SMILES string of the molecule is CN1C=NN(/C(C=O)=C\c2cccc(N=O)c2)C1. The molecule has 0 saturated heterocycles. The fraction of sp³-hybridized carbons (Fsp3) is 0.167. The number of carbonyl (C=O) groups is 1. The minimum atomic E-state index is 0.330. The van der Waals surface area contributed by atoms with E-state index in [0.717, 1.165) is 11.8 Å². The van der Waals surface area contributed by atoms with Gasteiger partial charge in [-0.25, -0.2) is 5.01 Å². The monoisotopic (exact) mass is 244 g/mol. The first-order chi connectivity index (χ1) is 8.72. The highest BCUT2D eigenvalue weighted by atomic mass is 16.3. The molecule has 0 aromatic heterocycles. The second kappa shape index (κ2) is 5.22. The standard InChI is InChI=1S/C12H12N4O2/c1-15-8-13-16(9-15)12(7-17)6-10-3-2-4-11(5-10)14-18/h2-8H,9H2,1H3/b12-6-. The minimum absolute atomic E-state index is 0.330. The Morgan fingerprint density at radius 2 is 2.33 bits per heavy atom. The third-order valence-corrected chi connectivity index (χ3v) is 2.45. The lowest BCUT2D eigenvalue weighted by atomic mass is 10.2. The number of benzene rings is 1. The second-order valence-electron chi connectivity index (χ2n) is 3.90. The van der Waals surface area contributed by atoms with Crippen molar-refractivity contribution in [2.75, 3.05) is 13.7 Å². The molecule has 92 valence electrons. The maximum Gasteiger partial charge on any atom is 0.168 e. The molecule has 1 aromatic rings. The summed E-state index contributed by atoms with van der Waals surface area (Å²) in [6.07, 6.45) is 4.04. The molecule has 1 aliphatic heterocycles. The molecule has 0 bridgehead atoms. The van der Waals surface area contributed by atoms with E-state index in [2.05, 4.69) is 10.3 Å². The molecule has 0 aliphatic carbocycles. The molecule has 0 saturated carbocycles. The first-order valence-corrected chi connectivity index (χ1v) is 5.35. The molecule has 1 aliphatic rings. The van der Waals surface area contributed by atoms with E-state index in [9.17, 15) is 9.70 Å². The summed E-state index contributed by atoms with van der Waals surface area (Å²) in [6.45, 7) is 0.524. The Hall–Kier alpha value is -2.50. The van der Waals surface area contributed by atoms with Crippen LogP contribution in [0.5, 0.6) is 0 Å². The Morgan fingerprint density at radius 3 is 2.94 bits per heavy atom. The van der Waals surface area contributed by atoms with Crippen molar-refractivity contribution < 1.29 is 4.79 Å². The first kappa shape index (κ1) is 12.0. The molecule has 1 aromatic carbocycles. The van der Waals surface area contributed by atoms with Crippen LogP contribution in [0.25, 0.3) is 6.08 Å². The zero-order chi connectivity index (χ0) is 13.0. The normalized spacial score (nSPS) is 15.1. The van der Waals surface area contributed by atoms with Crippen molar-refractivity contribution in [1.82, 2.24) is 9.91 Å². The van der Waals surface area contributed by atoms with E-state index in [0.29, 0.717) is 18.1 Å². The number of nitroso groups, excluding NO2 is 1. The van der Waals surface area contributed by atoms with Crippen LogP contribution >= 0.6 is 0 Å². The van der Waals surface area contributed by atoms with Crippen LogP contribution in [0, 0.1) is 4.91 Å². The fourth-order valence-corrected chi connectivity index (χ4v) is 1.59. The molecule has 0 fully saturated rings. The summed E-state index contributed by atoms with van der Waals surface area (Å²) in [7, 11) is 1.86. The van der Waals surface area contributed by atoms with Crippen molar-refractivity contribution in [3.05, 3.63) is 40.4 Å². The van der Waals surface area contributed by atoms with Gasteiger partial charge in [-0.05, 0) is 28.9 Å². The van der Waals surface area contributed by atoms with Gasteiger partial charge >= 0.3 is 0 Å². The summed E-state index contributed by atoms with van der Waals surface area (Å²) in [5, 5.41) is 8.51. The van der Waals surface area contributed by atoms with Gasteiger partial charge in [0.1, 0.15) is 24.4 Å². The molecule has 18 heavy (non-hydrogen) atoms. The van der Waals surface area contributed by atoms with Crippen molar-refractivity contribution in [3.63, 3.8) is 0 Å². The van der Waals surface area contributed by atoms with Crippen LogP contribution in [0.1, 0.15) is 5.56 Å². The Labute approximate surface area is 104 Å². The number of hydrogen-bond donors (Lipinski definition) is 0. The van der Waals surface area contributed by atoms with Crippen molar-refractivity contribution in [2.24, 2.45) is 10.3 Å². The summed E-state index contributed by atoms with van der Waals surface area (Å²) >= 11 is 0. The largest absolute Gasteiger partial charge is 0.345 e. The van der Waals surface area contributed by atoms with E-state index >= 15 is 0 Å². The van der Waals surface area contributed by atoms with Gasteiger partial charge in [0.15, 0.2) is 6.29 Å². The number of allylic oxidation sites excluding steroid dienone is 1. The molecular formula is C12H12N4O2. The highest BCUT2D eigenvalue weighted by Crippen LogP contribution is 2.17. The average molecular weight is 244 g/mol. The Morgan fingerprint density at radius 1 is 1.50 bits per heavy atom. The second-order valence-corrected chi connectivity index (χ2v) is 3.90. The van der Waals surface area contributed by atoms with Gasteiger partial charge in [0.25, 0.3) is 0 Å². The number of nitrogens with zero attached hydrogens (tertiary/aromatic N) is 4. The molecule has 2 rings (SSSR count). The number of rotatable bonds is 4. The lowest BCUT2D eigenvalue weighted by Gasteiger charge is -2.15. The Bertz CT molecular complexity index is 525. The third kappa shape index (κ3) is 2.60. The predicted molar refractivity (Wildman–Crippen MR) is 68.9 cm³/mol. The maximum atomic E-state index is 11.1. The summed E-state index contributed by atoms with van der Waals surface area (Å²) in [6, 6.07) is 6.72. The molecule has 0 amide bonds. The van der Waals surface area contributed by atoms with Crippen LogP contribution in [0.4, 0.5) is 5.69 Å². The topological polar surface area (TPSA) is 65.3 Å². The van der Waals surface area contributed by atoms with Crippen LogP contribution in [0.2, 0.25) is 0 Å².